The lowest BCUT2D eigenvalue weighted by atomic mass is 10.1. The molecule has 0 saturated heterocycles. The minimum absolute atomic E-state index is 0.221. The number of aromatic nitrogens is 2. The zero-order valence-electron chi connectivity index (χ0n) is 11.0. The molecule has 0 saturated carbocycles. The molecular weight excluding hydrogens is 266 g/mol. The molecule has 0 spiro atoms. The van der Waals surface area contributed by atoms with Crippen LogP contribution in [-0.4, -0.2) is 14.9 Å². The second-order valence-electron chi connectivity index (χ2n) is 4.45. The van der Waals surface area contributed by atoms with Gasteiger partial charge in [-0.25, -0.2) is 13.6 Å². The number of hydrogen-bond donors (Lipinski definition) is 0. The maximum atomic E-state index is 13.5. The van der Waals surface area contributed by atoms with Gasteiger partial charge in [-0.2, -0.15) is 0 Å². The minimum Gasteiger partial charge on any atom is -0.299 e. The summed E-state index contributed by atoms with van der Waals surface area (Å²) in [5.41, 5.74) is -0.538. The number of benzene rings is 1. The second-order valence-corrected chi connectivity index (χ2v) is 4.45. The van der Waals surface area contributed by atoms with Crippen LogP contribution in [0.4, 0.5) is 8.78 Å². The number of imidazole rings is 1. The van der Waals surface area contributed by atoms with Crippen molar-refractivity contribution in [3.05, 3.63) is 58.3 Å². The Bertz CT molecular complexity index is 689. The van der Waals surface area contributed by atoms with Crippen molar-refractivity contribution in [1.29, 1.82) is 0 Å². The fourth-order valence-electron chi connectivity index (χ4n) is 1.94. The van der Waals surface area contributed by atoms with Crippen molar-refractivity contribution in [3.63, 3.8) is 0 Å². The monoisotopic (exact) mass is 280 g/mol. The number of rotatable bonds is 5. The number of hydrogen-bond acceptors (Lipinski definition) is 2. The fourth-order valence-corrected chi connectivity index (χ4v) is 1.94. The van der Waals surface area contributed by atoms with Crippen molar-refractivity contribution >= 4 is 5.78 Å². The number of aryl methyl sites for hydroxylation is 1. The van der Waals surface area contributed by atoms with Crippen molar-refractivity contribution in [2.45, 2.75) is 26.4 Å². The molecule has 0 fully saturated rings. The van der Waals surface area contributed by atoms with Gasteiger partial charge in [0.15, 0.2) is 5.78 Å². The summed E-state index contributed by atoms with van der Waals surface area (Å²) >= 11 is 0. The topological polar surface area (TPSA) is 44.0 Å². The Hall–Kier alpha value is -2.24. The predicted molar refractivity (Wildman–Crippen MR) is 69.7 cm³/mol. The predicted octanol–water partition coefficient (Wildman–Crippen LogP) is 2.22. The van der Waals surface area contributed by atoms with Crippen molar-refractivity contribution in [1.82, 2.24) is 9.13 Å². The van der Waals surface area contributed by atoms with E-state index in [4.69, 9.17) is 0 Å². The van der Waals surface area contributed by atoms with Gasteiger partial charge in [-0.3, -0.25) is 13.9 Å². The van der Waals surface area contributed by atoms with Crippen LogP contribution in [0, 0.1) is 11.6 Å². The summed E-state index contributed by atoms with van der Waals surface area (Å²) in [7, 11) is 0. The number of nitrogens with zero attached hydrogens (tertiary/aromatic N) is 2. The number of ketones is 1. The summed E-state index contributed by atoms with van der Waals surface area (Å²) in [5, 5.41) is 0. The molecule has 0 bridgehead atoms. The van der Waals surface area contributed by atoms with Crippen LogP contribution in [0.15, 0.2) is 35.4 Å². The van der Waals surface area contributed by atoms with Crippen LogP contribution in [0.3, 0.4) is 0 Å². The molecule has 6 heteroatoms. The summed E-state index contributed by atoms with van der Waals surface area (Å²) in [4.78, 5) is 23.8. The van der Waals surface area contributed by atoms with Crippen LogP contribution in [0.2, 0.25) is 0 Å². The van der Waals surface area contributed by atoms with Gasteiger partial charge >= 0.3 is 5.69 Å². The molecule has 0 aliphatic carbocycles. The number of carbonyl (C=O) groups excluding carboxylic acids is 1. The highest BCUT2D eigenvalue weighted by Crippen LogP contribution is 2.10. The van der Waals surface area contributed by atoms with E-state index in [0.29, 0.717) is 12.6 Å². The summed E-state index contributed by atoms with van der Waals surface area (Å²) in [6.07, 6.45) is 3.86. The van der Waals surface area contributed by atoms with Crippen LogP contribution in [-0.2, 0) is 13.1 Å². The Morgan fingerprint density at radius 1 is 1.20 bits per heavy atom. The minimum atomic E-state index is -0.920. The van der Waals surface area contributed by atoms with Crippen LogP contribution in [0.25, 0.3) is 0 Å². The number of Topliss-reactive ketones (excluding diaryl/α,β-unsaturated/α-hetero) is 1. The Morgan fingerprint density at radius 2 is 1.90 bits per heavy atom. The average Bonchev–Trinajstić information content (AvgIpc) is 2.72. The summed E-state index contributed by atoms with van der Waals surface area (Å²) < 4.78 is 28.9. The van der Waals surface area contributed by atoms with Gasteiger partial charge in [0.1, 0.15) is 11.6 Å². The summed E-state index contributed by atoms with van der Waals surface area (Å²) in [5.74, 6) is -2.24. The quantitative estimate of drug-likeness (QED) is 0.788. The van der Waals surface area contributed by atoms with E-state index in [1.54, 1.807) is 6.20 Å². The third kappa shape index (κ3) is 2.84. The average molecular weight is 280 g/mol. The van der Waals surface area contributed by atoms with Gasteiger partial charge in [-0.15, -0.1) is 0 Å². The van der Waals surface area contributed by atoms with Gasteiger partial charge < -0.3 is 0 Å². The Kier molecular flexibility index (Phi) is 4.12. The maximum Gasteiger partial charge on any atom is 0.328 e. The highest BCUT2D eigenvalue weighted by atomic mass is 19.1. The van der Waals surface area contributed by atoms with Gasteiger partial charge in [0.2, 0.25) is 0 Å². The van der Waals surface area contributed by atoms with E-state index in [1.807, 2.05) is 6.92 Å². The van der Waals surface area contributed by atoms with E-state index in [0.717, 1.165) is 18.6 Å². The van der Waals surface area contributed by atoms with Crippen molar-refractivity contribution in [3.8, 4) is 0 Å². The van der Waals surface area contributed by atoms with Gasteiger partial charge in [-0.1, -0.05) is 6.92 Å². The standard InChI is InChI=1S/C14H14F2N2O2/c1-2-5-17-6-7-18(14(17)20)9-13(19)11-4-3-10(15)8-12(11)16/h3-4,6-8H,2,5,9H2,1H3. The smallest absolute Gasteiger partial charge is 0.299 e. The van der Waals surface area contributed by atoms with E-state index in [-0.39, 0.29) is 17.8 Å². The van der Waals surface area contributed by atoms with E-state index in [2.05, 4.69) is 0 Å². The van der Waals surface area contributed by atoms with Crippen LogP contribution < -0.4 is 5.69 Å². The van der Waals surface area contributed by atoms with Crippen molar-refractivity contribution in [2.24, 2.45) is 0 Å². The third-order valence-electron chi connectivity index (χ3n) is 2.93. The van der Waals surface area contributed by atoms with Gasteiger partial charge in [0.05, 0.1) is 12.1 Å². The molecule has 20 heavy (non-hydrogen) atoms. The first-order chi connectivity index (χ1) is 9.52. The zero-order valence-corrected chi connectivity index (χ0v) is 11.0. The molecule has 1 aromatic carbocycles. The lowest BCUT2D eigenvalue weighted by molar-refractivity contribution is 0.0966. The van der Waals surface area contributed by atoms with Crippen molar-refractivity contribution in [2.75, 3.05) is 0 Å². The zero-order chi connectivity index (χ0) is 14.7. The third-order valence-corrected chi connectivity index (χ3v) is 2.93. The van der Waals surface area contributed by atoms with Crippen LogP contribution in [0.1, 0.15) is 23.7 Å². The molecule has 1 aromatic heterocycles. The molecule has 0 N–H and O–H groups in total. The number of carbonyl (C=O) groups is 1. The first-order valence-electron chi connectivity index (χ1n) is 6.26. The molecule has 0 aliphatic rings. The molecule has 2 rings (SSSR count). The van der Waals surface area contributed by atoms with Gasteiger partial charge in [0, 0.05) is 25.0 Å². The van der Waals surface area contributed by atoms with E-state index >= 15 is 0 Å². The van der Waals surface area contributed by atoms with Crippen LogP contribution >= 0.6 is 0 Å². The Labute approximate surface area is 114 Å². The first kappa shape index (κ1) is 14.2. The lowest BCUT2D eigenvalue weighted by Crippen LogP contribution is -2.27. The highest BCUT2D eigenvalue weighted by Gasteiger charge is 2.14. The molecule has 2 aromatic rings. The van der Waals surface area contributed by atoms with Crippen LogP contribution in [0.5, 0.6) is 0 Å². The molecule has 0 aliphatic heterocycles. The maximum absolute atomic E-state index is 13.5. The molecule has 106 valence electrons. The van der Waals surface area contributed by atoms with E-state index < -0.39 is 17.4 Å². The van der Waals surface area contributed by atoms with Gasteiger partial charge in [0.25, 0.3) is 0 Å². The molecule has 0 unspecified atom stereocenters. The Morgan fingerprint density at radius 3 is 2.55 bits per heavy atom. The number of halogens is 2. The molecular formula is C14H14F2N2O2. The molecule has 1 heterocycles. The fraction of sp³-hybridized carbons (Fsp3) is 0.286. The molecule has 0 atom stereocenters. The van der Waals surface area contributed by atoms with Gasteiger partial charge in [-0.05, 0) is 18.6 Å². The van der Waals surface area contributed by atoms with Crippen molar-refractivity contribution < 1.29 is 13.6 Å². The largest absolute Gasteiger partial charge is 0.328 e. The van der Waals surface area contributed by atoms with E-state index in [9.17, 15) is 18.4 Å². The summed E-state index contributed by atoms with van der Waals surface area (Å²) in [6, 6.07) is 2.75. The molecule has 0 radical (unpaired) electrons. The molecule has 0 amide bonds. The Balaban J connectivity index is 2.21. The highest BCUT2D eigenvalue weighted by molar-refractivity contribution is 5.96. The normalized spacial score (nSPS) is 10.8. The SMILES string of the molecule is CCCn1ccn(CC(=O)c2ccc(F)cc2F)c1=O. The lowest BCUT2D eigenvalue weighted by Gasteiger charge is -2.03. The first-order valence-corrected chi connectivity index (χ1v) is 6.26. The van der Waals surface area contributed by atoms with E-state index in [1.165, 1.54) is 15.3 Å². The second kappa shape index (κ2) is 5.81. The molecule has 4 nitrogen and oxygen atoms in total. The summed E-state index contributed by atoms with van der Waals surface area (Å²) in [6.45, 7) is 2.23.